The predicted octanol–water partition coefficient (Wildman–Crippen LogP) is 2.18. The van der Waals surface area contributed by atoms with Crippen molar-refractivity contribution in [2.45, 2.75) is 38.3 Å². The minimum atomic E-state index is -1.00. The fourth-order valence-electron chi connectivity index (χ4n) is 2.62. The van der Waals surface area contributed by atoms with Gasteiger partial charge in [-0.1, -0.05) is 13.3 Å². The van der Waals surface area contributed by atoms with E-state index in [0.29, 0.717) is 30.9 Å². The van der Waals surface area contributed by atoms with E-state index in [-0.39, 0.29) is 12.0 Å². The van der Waals surface area contributed by atoms with Gasteiger partial charge < -0.3 is 19.5 Å². The molecule has 1 aromatic carbocycles. The molecule has 1 aliphatic heterocycles. The van der Waals surface area contributed by atoms with Gasteiger partial charge in [-0.05, 0) is 30.7 Å². The summed E-state index contributed by atoms with van der Waals surface area (Å²) in [5.41, 5.74) is 0.454. The fraction of sp³-hybridized carbons (Fsp3) is 0.529. The van der Waals surface area contributed by atoms with Gasteiger partial charge in [-0.25, -0.2) is 4.79 Å². The number of nitrogens with zero attached hydrogens (tertiary/aromatic N) is 1. The third-order valence-corrected chi connectivity index (χ3v) is 4.01. The maximum atomic E-state index is 12.6. The fourth-order valence-corrected chi connectivity index (χ4v) is 2.62. The molecule has 1 aromatic rings. The van der Waals surface area contributed by atoms with Crippen LogP contribution in [-0.2, 0) is 9.53 Å². The molecule has 1 saturated heterocycles. The Bertz CT molecular complexity index is 542. The molecule has 6 heteroatoms. The Kier molecular flexibility index (Phi) is 5.98. The molecule has 1 amide bonds. The number of unbranched alkanes of at least 4 members (excludes halogenated alkanes) is 1. The quantitative estimate of drug-likeness (QED) is 0.779. The van der Waals surface area contributed by atoms with Gasteiger partial charge in [0.15, 0.2) is 0 Å². The highest BCUT2D eigenvalue weighted by Crippen LogP contribution is 2.23. The van der Waals surface area contributed by atoms with E-state index in [1.54, 1.807) is 24.3 Å². The molecule has 1 aliphatic rings. The number of rotatable bonds is 7. The lowest BCUT2D eigenvalue weighted by atomic mass is 10.1. The van der Waals surface area contributed by atoms with E-state index >= 15 is 0 Å². The summed E-state index contributed by atoms with van der Waals surface area (Å²) in [6, 6.07) is 5.98. The third-order valence-electron chi connectivity index (χ3n) is 4.01. The van der Waals surface area contributed by atoms with Gasteiger partial charge in [-0.2, -0.15) is 0 Å². The molecule has 0 saturated carbocycles. The van der Waals surface area contributed by atoms with Crippen molar-refractivity contribution in [1.82, 2.24) is 4.90 Å². The van der Waals surface area contributed by atoms with Crippen LogP contribution in [0.2, 0.25) is 0 Å². The summed E-state index contributed by atoms with van der Waals surface area (Å²) in [6.07, 6.45) is 2.11. The molecule has 2 rings (SSSR count). The molecule has 6 nitrogen and oxygen atoms in total. The van der Waals surface area contributed by atoms with E-state index in [2.05, 4.69) is 6.92 Å². The van der Waals surface area contributed by atoms with Crippen LogP contribution in [0, 0.1) is 0 Å². The SMILES string of the molecule is CCCCOc1ccc(C(=O)N2CC(OC)CC2C(=O)O)cc1. The number of hydrogen-bond acceptors (Lipinski definition) is 4. The number of aliphatic carboxylic acids is 1. The molecule has 0 radical (unpaired) electrons. The van der Waals surface area contributed by atoms with E-state index in [4.69, 9.17) is 9.47 Å². The highest BCUT2D eigenvalue weighted by molar-refractivity contribution is 5.97. The zero-order valence-corrected chi connectivity index (χ0v) is 13.5. The van der Waals surface area contributed by atoms with Crippen LogP contribution in [0.4, 0.5) is 0 Å². The van der Waals surface area contributed by atoms with Crippen LogP contribution in [0.15, 0.2) is 24.3 Å². The number of ether oxygens (including phenoxy) is 2. The van der Waals surface area contributed by atoms with Gasteiger partial charge in [0.1, 0.15) is 11.8 Å². The maximum Gasteiger partial charge on any atom is 0.326 e. The molecular weight excluding hydrogens is 298 g/mol. The van der Waals surface area contributed by atoms with Crippen LogP contribution >= 0.6 is 0 Å². The van der Waals surface area contributed by atoms with Gasteiger partial charge in [0.05, 0.1) is 12.7 Å². The van der Waals surface area contributed by atoms with Gasteiger partial charge in [-0.3, -0.25) is 4.79 Å². The molecular formula is C17H23NO5. The number of benzene rings is 1. The molecule has 0 spiro atoms. The smallest absolute Gasteiger partial charge is 0.326 e. The van der Waals surface area contributed by atoms with Crippen LogP contribution in [0.5, 0.6) is 5.75 Å². The van der Waals surface area contributed by atoms with Crippen LogP contribution in [0.25, 0.3) is 0 Å². The van der Waals surface area contributed by atoms with Crippen molar-refractivity contribution in [3.05, 3.63) is 29.8 Å². The minimum absolute atomic E-state index is 0.239. The number of methoxy groups -OCH3 is 1. The zero-order chi connectivity index (χ0) is 16.8. The van der Waals surface area contributed by atoms with Crippen molar-refractivity contribution in [2.24, 2.45) is 0 Å². The van der Waals surface area contributed by atoms with E-state index in [1.165, 1.54) is 12.0 Å². The Morgan fingerprint density at radius 1 is 1.30 bits per heavy atom. The summed E-state index contributed by atoms with van der Waals surface area (Å²) in [7, 11) is 1.53. The number of carbonyl (C=O) groups excluding carboxylic acids is 1. The summed E-state index contributed by atoms with van der Waals surface area (Å²) in [6.45, 7) is 3.03. The number of carbonyl (C=O) groups is 2. The number of carboxylic acids is 1. The van der Waals surface area contributed by atoms with Crippen LogP contribution in [0.3, 0.4) is 0 Å². The first-order chi connectivity index (χ1) is 11.1. The number of hydrogen-bond donors (Lipinski definition) is 1. The second-order valence-electron chi connectivity index (χ2n) is 5.63. The zero-order valence-electron chi connectivity index (χ0n) is 13.5. The summed E-state index contributed by atoms with van der Waals surface area (Å²) < 4.78 is 10.8. The second kappa shape index (κ2) is 7.97. The monoisotopic (exact) mass is 321 g/mol. The normalized spacial score (nSPS) is 20.5. The number of carboxylic acid groups (broad SMARTS) is 1. The first-order valence-electron chi connectivity index (χ1n) is 7.86. The summed E-state index contributed by atoms with van der Waals surface area (Å²) in [5.74, 6) is -0.588. The Morgan fingerprint density at radius 2 is 2.00 bits per heavy atom. The molecule has 126 valence electrons. The molecule has 0 aromatic heterocycles. The number of likely N-dealkylation sites (tertiary alicyclic amines) is 1. The molecule has 2 unspecified atom stereocenters. The second-order valence-corrected chi connectivity index (χ2v) is 5.63. The average Bonchev–Trinajstić information content (AvgIpc) is 3.00. The van der Waals surface area contributed by atoms with E-state index in [1.807, 2.05) is 0 Å². The van der Waals surface area contributed by atoms with Crippen LogP contribution in [0.1, 0.15) is 36.5 Å². The maximum absolute atomic E-state index is 12.6. The highest BCUT2D eigenvalue weighted by Gasteiger charge is 2.40. The molecule has 1 heterocycles. The minimum Gasteiger partial charge on any atom is -0.494 e. The van der Waals surface area contributed by atoms with Crippen molar-refractivity contribution < 1.29 is 24.2 Å². The molecule has 1 N–H and O–H groups in total. The van der Waals surface area contributed by atoms with Crippen LogP contribution < -0.4 is 4.74 Å². The standard InChI is InChI=1S/C17H23NO5/c1-3-4-9-23-13-7-5-12(6-8-13)16(19)18-11-14(22-2)10-15(18)17(20)21/h5-8,14-15H,3-4,9-11H2,1-2H3,(H,20,21). The molecule has 0 bridgehead atoms. The van der Waals surface area contributed by atoms with E-state index < -0.39 is 12.0 Å². The van der Waals surface area contributed by atoms with Crippen molar-refractivity contribution in [3.8, 4) is 5.75 Å². The van der Waals surface area contributed by atoms with Gasteiger partial charge in [-0.15, -0.1) is 0 Å². The van der Waals surface area contributed by atoms with Gasteiger partial charge in [0.2, 0.25) is 0 Å². The lowest BCUT2D eigenvalue weighted by molar-refractivity contribution is -0.141. The lowest BCUT2D eigenvalue weighted by Gasteiger charge is -2.21. The topological polar surface area (TPSA) is 76.1 Å². The first-order valence-corrected chi connectivity index (χ1v) is 7.86. The molecule has 2 atom stereocenters. The largest absolute Gasteiger partial charge is 0.494 e. The average molecular weight is 321 g/mol. The Balaban J connectivity index is 2.05. The van der Waals surface area contributed by atoms with Crippen LogP contribution in [-0.4, -0.2) is 54.3 Å². The van der Waals surface area contributed by atoms with Gasteiger partial charge in [0.25, 0.3) is 5.91 Å². The Morgan fingerprint density at radius 3 is 2.57 bits per heavy atom. The lowest BCUT2D eigenvalue weighted by Crippen LogP contribution is -2.40. The van der Waals surface area contributed by atoms with Crippen molar-refractivity contribution >= 4 is 11.9 Å². The summed E-state index contributed by atoms with van der Waals surface area (Å²) in [5, 5.41) is 9.29. The predicted molar refractivity (Wildman–Crippen MR) is 84.7 cm³/mol. The Hall–Kier alpha value is -2.08. The Labute approximate surface area is 136 Å². The summed E-state index contributed by atoms with van der Waals surface area (Å²) >= 11 is 0. The highest BCUT2D eigenvalue weighted by atomic mass is 16.5. The van der Waals surface area contributed by atoms with E-state index in [9.17, 15) is 14.7 Å². The molecule has 0 aliphatic carbocycles. The van der Waals surface area contributed by atoms with Crippen molar-refractivity contribution in [2.75, 3.05) is 20.3 Å². The van der Waals surface area contributed by atoms with E-state index in [0.717, 1.165) is 12.8 Å². The summed E-state index contributed by atoms with van der Waals surface area (Å²) in [4.78, 5) is 25.3. The molecule has 23 heavy (non-hydrogen) atoms. The van der Waals surface area contributed by atoms with Crippen molar-refractivity contribution in [1.29, 1.82) is 0 Å². The molecule has 1 fully saturated rings. The van der Waals surface area contributed by atoms with Gasteiger partial charge in [0, 0.05) is 25.6 Å². The first kappa shape index (κ1) is 17.3. The van der Waals surface area contributed by atoms with Gasteiger partial charge >= 0.3 is 5.97 Å². The third kappa shape index (κ3) is 4.22. The number of amides is 1. The van der Waals surface area contributed by atoms with Crippen molar-refractivity contribution in [3.63, 3.8) is 0 Å².